The third kappa shape index (κ3) is 2.13. The summed E-state index contributed by atoms with van der Waals surface area (Å²) in [4.78, 5) is 22.5. The lowest BCUT2D eigenvalue weighted by atomic mass is 9.84. The molecule has 0 heterocycles. The quantitative estimate of drug-likeness (QED) is 0.736. The van der Waals surface area contributed by atoms with E-state index in [-0.39, 0.29) is 23.8 Å². The third-order valence-electron chi connectivity index (χ3n) is 3.64. The summed E-state index contributed by atoms with van der Waals surface area (Å²) in [6, 6.07) is -0.129. The van der Waals surface area contributed by atoms with Crippen molar-refractivity contribution in [2.45, 2.75) is 44.6 Å². The van der Waals surface area contributed by atoms with Crippen molar-refractivity contribution in [1.29, 1.82) is 0 Å². The highest BCUT2D eigenvalue weighted by Crippen LogP contribution is 2.29. The van der Waals surface area contributed by atoms with E-state index in [1.165, 1.54) is 0 Å². The first-order valence-electron chi connectivity index (χ1n) is 5.71. The Bertz CT molecular complexity index is 273. The van der Waals surface area contributed by atoms with Gasteiger partial charge in [0.2, 0.25) is 5.91 Å². The van der Waals surface area contributed by atoms with Crippen LogP contribution in [-0.4, -0.2) is 23.0 Å². The molecule has 0 saturated heterocycles. The number of carboxylic acid groups (broad SMARTS) is 1. The van der Waals surface area contributed by atoms with Crippen LogP contribution in [0.2, 0.25) is 0 Å². The minimum Gasteiger partial charge on any atom is -0.481 e. The second-order valence-corrected chi connectivity index (χ2v) is 4.62. The van der Waals surface area contributed by atoms with Crippen molar-refractivity contribution in [3.05, 3.63) is 0 Å². The van der Waals surface area contributed by atoms with Gasteiger partial charge in [0.1, 0.15) is 0 Å². The molecule has 0 aromatic rings. The monoisotopic (exact) mass is 211 g/mol. The summed E-state index contributed by atoms with van der Waals surface area (Å²) in [5.74, 6) is -0.917. The molecule has 2 rings (SSSR count). The summed E-state index contributed by atoms with van der Waals surface area (Å²) in [6.45, 7) is 0. The Balaban J connectivity index is 1.87. The van der Waals surface area contributed by atoms with E-state index < -0.39 is 5.97 Å². The van der Waals surface area contributed by atoms with E-state index in [1.807, 2.05) is 0 Å². The van der Waals surface area contributed by atoms with E-state index in [1.54, 1.807) is 0 Å². The molecule has 2 N–H and O–H groups in total. The van der Waals surface area contributed by atoms with Crippen LogP contribution in [0.5, 0.6) is 0 Å². The molecule has 2 aliphatic carbocycles. The minimum absolute atomic E-state index is 0.0689. The molecule has 1 amide bonds. The van der Waals surface area contributed by atoms with Gasteiger partial charge in [-0.05, 0) is 25.7 Å². The fourth-order valence-electron chi connectivity index (χ4n) is 2.40. The van der Waals surface area contributed by atoms with Crippen molar-refractivity contribution in [1.82, 2.24) is 5.32 Å². The Morgan fingerprint density at radius 3 is 2.27 bits per heavy atom. The zero-order valence-corrected chi connectivity index (χ0v) is 8.74. The van der Waals surface area contributed by atoms with Crippen molar-refractivity contribution in [2.75, 3.05) is 0 Å². The van der Waals surface area contributed by atoms with Gasteiger partial charge in [-0.25, -0.2) is 0 Å². The van der Waals surface area contributed by atoms with Crippen LogP contribution in [0, 0.1) is 11.8 Å². The van der Waals surface area contributed by atoms with Crippen molar-refractivity contribution < 1.29 is 14.7 Å². The van der Waals surface area contributed by atoms with Crippen LogP contribution >= 0.6 is 0 Å². The zero-order chi connectivity index (χ0) is 10.8. The van der Waals surface area contributed by atoms with Crippen molar-refractivity contribution in [3.63, 3.8) is 0 Å². The van der Waals surface area contributed by atoms with E-state index in [4.69, 9.17) is 5.11 Å². The topological polar surface area (TPSA) is 66.4 Å². The molecule has 0 aromatic carbocycles. The van der Waals surface area contributed by atoms with E-state index in [9.17, 15) is 9.59 Å². The van der Waals surface area contributed by atoms with Crippen LogP contribution in [0.3, 0.4) is 0 Å². The highest BCUT2D eigenvalue weighted by atomic mass is 16.4. The van der Waals surface area contributed by atoms with Crippen LogP contribution < -0.4 is 5.32 Å². The van der Waals surface area contributed by atoms with Gasteiger partial charge in [0.15, 0.2) is 0 Å². The number of carbonyl (C=O) groups excluding carboxylic acids is 1. The maximum atomic E-state index is 11.6. The van der Waals surface area contributed by atoms with Crippen LogP contribution in [0.1, 0.15) is 38.5 Å². The molecule has 2 saturated carbocycles. The van der Waals surface area contributed by atoms with E-state index in [0.29, 0.717) is 6.42 Å². The molecule has 2 aliphatic rings. The molecule has 0 spiro atoms. The number of carboxylic acids is 1. The Morgan fingerprint density at radius 1 is 1.07 bits per heavy atom. The van der Waals surface area contributed by atoms with Gasteiger partial charge in [-0.2, -0.15) is 0 Å². The lowest BCUT2D eigenvalue weighted by Gasteiger charge is -2.27. The zero-order valence-electron chi connectivity index (χ0n) is 8.74. The number of hydrogen-bond acceptors (Lipinski definition) is 2. The second kappa shape index (κ2) is 4.21. The molecular weight excluding hydrogens is 194 g/mol. The Kier molecular flexibility index (Phi) is 2.93. The lowest BCUT2D eigenvalue weighted by Crippen LogP contribution is -2.44. The van der Waals surface area contributed by atoms with Crippen molar-refractivity contribution in [2.24, 2.45) is 11.8 Å². The third-order valence-corrected chi connectivity index (χ3v) is 3.64. The number of carbonyl (C=O) groups is 2. The van der Waals surface area contributed by atoms with E-state index in [0.717, 1.165) is 32.1 Å². The SMILES string of the molecule is O=C(N[C@H]1CCC[C@H]1C(=O)O)C1CCC1. The molecule has 84 valence electrons. The fourth-order valence-corrected chi connectivity index (χ4v) is 2.40. The summed E-state index contributed by atoms with van der Waals surface area (Å²) in [5, 5.41) is 11.8. The molecule has 0 unspecified atom stereocenters. The van der Waals surface area contributed by atoms with Gasteiger partial charge < -0.3 is 10.4 Å². The molecule has 4 nitrogen and oxygen atoms in total. The summed E-state index contributed by atoms with van der Waals surface area (Å²) in [7, 11) is 0. The highest BCUT2D eigenvalue weighted by molar-refractivity contribution is 5.81. The maximum Gasteiger partial charge on any atom is 0.308 e. The Labute approximate surface area is 89.0 Å². The first kappa shape index (κ1) is 10.5. The number of rotatable bonds is 3. The molecule has 0 bridgehead atoms. The highest BCUT2D eigenvalue weighted by Gasteiger charge is 2.35. The molecule has 4 heteroatoms. The second-order valence-electron chi connectivity index (χ2n) is 4.62. The van der Waals surface area contributed by atoms with Gasteiger partial charge in [0.25, 0.3) is 0 Å². The van der Waals surface area contributed by atoms with Crippen LogP contribution in [-0.2, 0) is 9.59 Å². The van der Waals surface area contributed by atoms with E-state index in [2.05, 4.69) is 5.32 Å². The number of nitrogens with one attached hydrogen (secondary N) is 1. The Morgan fingerprint density at radius 2 is 1.73 bits per heavy atom. The molecule has 0 aliphatic heterocycles. The van der Waals surface area contributed by atoms with Gasteiger partial charge in [-0.1, -0.05) is 12.8 Å². The largest absolute Gasteiger partial charge is 0.481 e. The molecular formula is C11H17NO3. The van der Waals surface area contributed by atoms with Gasteiger partial charge >= 0.3 is 5.97 Å². The van der Waals surface area contributed by atoms with Crippen molar-refractivity contribution in [3.8, 4) is 0 Å². The van der Waals surface area contributed by atoms with Gasteiger partial charge in [-0.15, -0.1) is 0 Å². The maximum absolute atomic E-state index is 11.6. The summed E-state index contributed by atoms with van der Waals surface area (Å²) in [5.41, 5.74) is 0. The predicted octanol–water partition coefficient (Wildman–Crippen LogP) is 1.16. The molecule has 0 radical (unpaired) electrons. The Hall–Kier alpha value is -1.06. The summed E-state index contributed by atoms with van der Waals surface area (Å²) >= 11 is 0. The number of amides is 1. The smallest absolute Gasteiger partial charge is 0.308 e. The van der Waals surface area contributed by atoms with Gasteiger partial charge in [0, 0.05) is 12.0 Å². The normalized spacial score (nSPS) is 30.9. The number of aliphatic carboxylic acids is 1. The number of hydrogen-bond donors (Lipinski definition) is 2. The van der Waals surface area contributed by atoms with Crippen LogP contribution in [0.25, 0.3) is 0 Å². The fraction of sp³-hybridized carbons (Fsp3) is 0.818. The molecule has 2 fully saturated rings. The standard InChI is InChI=1S/C11H17NO3/c13-10(7-3-1-4-7)12-9-6-2-5-8(9)11(14)15/h7-9H,1-6H2,(H,12,13)(H,14,15)/t8-,9+/m1/s1. The molecule has 2 atom stereocenters. The van der Waals surface area contributed by atoms with Gasteiger partial charge in [0.05, 0.1) is 5.92 Å². The van der Waals surface area contributed by atoms with Gasteiger partial charge in [-0.3, -0.25) is 9.59 Å². The molecule has 15 heavy (non-hydrogen) atoms. The predicted molar refractivity (Wildman–Crippen MR) is 54.2 cm³/mol. The first-order valence-corrected chi connectivity index (χ1v) is 5.71. The average Bonchev–Trinajstić information content (AvgIpc) is 2.48. The van der Waals surface area contributed by atoms with E-state index >= 15 is 0 Å². The van der Waals surface area contributed by atoms with Crippen molar-refractivity contribution >= 4 is 11.9 Å². The summed E-state index contributed by atoms with van der Waals surface area (Å²) < 4.78 is 0. The first-order chi connectivity index (χ1) is 7.18. The summed E-state index contributed by atoms with van der Waals surface area (Å²) in [6.07, 6.45) is 5.49. The minimum atomic E-state index is -0.772. The molecule has 0 aromatic heterocycles. The lowest BCUT2D eigenvalue weighted by molar-refractivity contribution is -0.142. The average molecular weight is 211 g/mol. The van der Waals surface area contributed by atoms with Crippen LogP contribution in [0.4, 0.5) is 0 Å². The van der Waals surface area contributed by atoms with Crippen LogP contribution in [0.15, 0.2) is 0 Å².